The molecule has 1 heterocycles. The van der Waals surface area contributed by atoms with E-state index in [4.69, 9.17) is 4.74 Å². The topological polar surface area (TPSA) is 99.4 Å². The number of aromatic hydroxyl groups is 1. The molecule has 134 valence electrons. The molecule has 1 aromatic heterocycles. The van der Waals surface area contributed by atoms with Crippen LogP contribution in [-0.2, 0) is 22.4 Å². The SMILES string of the molecule is CC1CCc2c(sc(NC(=O)COC(=O)c3cccc(O)c3)c2C#N)C1. The summed E-state index contributed by atoms with van der Waals surface area (Å²) in [6, 6.07) is 7.89. The van der Waals surface area contributed by atoms with Crippen LogP contribution in [0.15, 0.2) is 24.3 Å². The number of carbonyl (C=O) groups excluding carboxylic acids is 2. The number of fused-ring (bicyclic) bond motifs is 1. The van der Waals surface area contributed by atoms with E-state index in [-0.39, 0.29) is 11.3 Å². The van der Waals surface area contributed by atoms with Crippen molar-refractivity contribution in [1.29, 1.82) is 5.26 Å². The first-order valence-electron chi connectivity index (χ1n) is 8.28. The number of carbonyl (C=O) groups is 2. The van der Waals surface area contributed by atoms with Gasteiger partial charge in [0.25, 0.3) is 5.91 Å². The van der Waals surface area contributed by atoms with Crippen LogP contribution in [0.5, 0.6) is 5.75 Å². The van der Waals surface area contributed by atoms with Crippen LogP contribution in [0.1, 0.15) is 39.7 Å². The predicted octanol–water partition coefficient (Wildman–Crippen LogP) is 3.25. The number of hydrogen-bond donors (Lipinski definition) is 2. The summed E-state index contributed by atoms with van der Waals surface area (Å²) in [6.45, 7) is 1.71. The highest BCUT2D eigenvalue weighted by Gasteiger charge is 2.24. The smallest absolute Gasteiger partial charge is 0.338 e. The molecule has 1 aliphatic carbocycles. The largest absolute Gasteiger partial charge is 0.508 e. The number of anilines is 1. The average molecular weight is 370 g/mol. The minimum Gasteiger partial charge on any atom is -0.508 e. The zero-order valence-corrected chi connectivity index (χ0v) is 15.1. The maximum atomic E-state index is 12.1. The first kappa shape index (κ1) is 18.0. The molecule has 1 atom stereocenters. The Labute approximate surface area is 155 Å². The van der Waals surface area contributed by atoms with E-state index in [0.717, 1.165) is 29.7 Å². The second-order valence-electron chi connectivity index (χ2n) is 6.34. The highest BCUT2D eigenvalue weighted by atomic mass is 32.1. The van der Waals surface area contributed by atoms with Gasteiger partial charge in [-0.1, -0.05) is 13.0 Å². The van der Waals surface area contributed by atoms with Gasteiger partial charge in [-0.25, -0.2) is 4.79 Å². The van der Waals surface area contributed by atoms with Gasteiger partial charge >= 0.3 is 5.97 Å². The summed E-state index contributed by atoms with van der Waals surface area (Å²) in [5, 5.41) is 22.0. The lowest BCUT2D eigenvalue weighted by Crippen LogP contribution is -2.20. The number of rotatable bonds is 4. The Hall–Kier alpha value is -2.85. The maximum Gasteiger partial charge on any atom is 0.338 e. The van der Waals surface area contributed by atoms with E-state index in [1.165, 1.54) is 35.6 Å². The first-order chi connectivity index (χ1) is 12.5. The fourth-order valence-corrected chi connectivity index (χ4v) is 4.34. The van der Waals surface area contributed by atoms with Crippen LogP contribution in [-0.4, -0.2) is 23.6 Å². The number of phenols is 1. The molecule has 1 amide bonds. The van der Waals surface area contributed by atoms with Gasteiger partial charge in [0.2, 0.25) is 0 Å². The molecule has 1 unspecified atom stereocenters. The van der Waals surface area contributed by atoms with Crippen LogP contribution in [0, 0.1) is 17.2 Å². The molecule has 0 saturated carbocycles. The van der Waals surface area contributed by atoms with E-state index < -0.39 is 18.5 Å². The van der Waals surface area contributed by atoms with Gasteiger partial charge in [0, 0.05) is 4.88 Å². The van der Waals surface area contributed by atoms with Crippen molar-refractivity contribution in [2.24, 2.45) is 5.92 Å². The van der Waals surface area contributed by atoms with Crippen LogP contribution >= 0.6 is 11.3 Å². The summed E-state index contributed by atoms with van der Waals surface area (Å²) in [5.74, 6) is -0.682. The average Bonchev–Trinajstić information content (AvgIpc) is 2.95. The Morgan fingerprint density at radius 2 is 2.27 bits per heavy atom. The molecule has 0 aliphatic heterocycles. The Balaban J connectivity index is 1.64. The van der Waals surface area contributed by atoms with Gasteiger partial charge in [-0.3, -0.25) is 4.79 Å². The molecule has 0 saturated heterocycles. The second kappa shape index (κ2) is 7.58. The summed E-state index contributed by atoms with van der Waals surface area (Å²) in [4.78, 5) is 25.2. The molecule has 0 spiro atoms. The molecule has 26 heavy (non-hydrogen) atoms. The predicted molar refractivity (Wildman–Crippen MR) is 97.2 cm³/mol. The zero-order chi connectivity index (χ0) is 18.7. The molecule has 6 nitrogen and oxygen atoms in total. The first-order valence-corrected chi connectivity index (χ1v) is 9.10. The minimum atomic E-state index is -0.698. The monoisotopic (exact) mass is 370 g/mol. The highest BCUT2D eigenvalue weighted by molar-refractivity contribution is 7.16. The maximum absolute atomic E-state index is 12.1. The molecule has 7 heteroatoms. The molecule has 1 aliphatic rings. The summed E-state index contributed by atoms with van der Waals surface area (Å²) in [6.07, 6.45) is 2.79. The quantitative estimate of drug-likeness (QED) is 0.805. The number of nitrogens with zero attached hydrogens (tertiary/aromatic N) is 1. The van der Waals surface area contributed by atoms with Crippen LogP contribution in [0.2, 0.25) is 0 Å². The fraction of sp³-hybridized carbons (Fsp3) is 0.316. The van der Waals surface area contributed by atoms with Crippen molar-refractivity contribution in [2.45, 2.75) is 26.2 Å². The number of esters is 1. The molecular weight excluding hydrogens is 352 g/mol. The molecule has 0 radical (unpaired) electrons. The van der Waals surface area contributed by atoms with Crippen LogP contribution in [0.3, 0.4) is 0 Å². The summed E-state index contributed by atoms with van der Waals surface area (Å²) in [5.41, 5.74) is 1.71. The van der Waals surface area contributed by atoms with Gasteiger partial charge in [0.15, 0.2) is 6.61 Å². The lowest BCUT2D eigenvalue weighted by atomic mass is 9.89. The molecule has 0 bridgehead atoms. The normalized spacial score (nSPS) is 15.6. The van der Waals surface area contributed by atoms with Crippen molar-refractivity contribution in [3.8, 4) is 11.8 Å². The highest BCUT2D eigenvalue weighted by Crippen LogP contribution is 2.39. The summed E-state index contributed by atoms with van der Waals surface area (Å²) < 4.78 is 4.97. The van der Waals surface area contributed by atoms with Crippen molar-refractivity contribution < 1.29 is 19.4 Å². The van der Waals surface area contributed by atoms with Crippen molar-refractivity contribution in [2.75, 3.05) is 11.9 Å². The van der Waals surface area contributed by atoms with Crippen LogP contribution in [0.4, 0.5) is 5.00 Å². The van der Waals surface area contributed by atoms with Gasteiger partial charge in [0.1, 0.15) is 16.8 Å². The number of benzene rings is 1. The van der Waals surface area contributed by atoms with Crippen LogP contribution < -0.4 is 5.32 Å². The fourth-order valence-electron chi connectivity index (χ4n) is 2.97. The third kappa shape index (κ3) is 3.86. The third-order valence-corrected chi connectivity index (χ3v) is 5.46. The summed E-state index contributed by atoms with van der Waals surface area (Å²) in [7, 11) is 0. The van der Waals surface area contributed by atoms with Crippen molar-refractivity contribution in [3.05, 3.63) is 45.8 Å². The molecule has 3 rings (SSSR count). The van der Waals surface area contributed by atoms with E-state index in [0.29, 0.717) is 16.5 Å². The number of hydrogen-bond acceptors (Lipinski definition) is 6. The Morgan fingerprint density at radius 3 is 3.00 bits per heavy atom. The lowest BCUT2D eigenvalue weighted by molar-refractivity contribution is -0.119. The number of nitrogens with one attached hydrogen (secondary N) is 1. The van der Waals surface area contributed by atoms with Gasteiger partial charge in [0.05, 0.1) is 11.1 Å². The number of nitriles is 1. The van der Waals surface area contributed by atoms with E-state index in [2.05, 4.69) is 18.3 Å². The Kier molecular flexibility index (Phi) is 5.24. The van der Waals surface area contributed by atoms with Crippen molar-refractivity contribution in [3.63, 3.8) is 0 Å². The molecule has 1 aromatic carbocycles. The van der Waals surface area contributed by atoms with E-state index >= 15 is 0 Å². The summed E-state index contributed by atoms with van der Waals surface area (Å²) >= 11 is 1.42. The van der Waals surface area contributed by atoms with E-state index in [1.54, 1.807) is 0 Å². The number of thiophene rings is 1. The molecule has 2 N–H and O–H groups in total. The zero-order valence-electron chi connectivity index (χ0n) is 14.2. The Morgan fingerprint density at radius 1 is 1.46 bits per heavy atom. The van der Waals surface area contributed by atoms with Gasteiger partial charge in [-0.15, -0.1) is 11.3 Å². The number of phenolic OH excluding ortho intramolecular Hbond substituents is 1. The minimum absolute atomic E-state index is 0.0547. The van der Waals surface area contributed by atoms with Gasteiger partial charge < -0.3 is 15.2 Å². The van der Waals surface area contributed by atoms with Crippen molar-refractivity contribution in [1.82, 2.24) is 0 Å². The number of amides is 1. The lowest BCUT2D eigenvalue weighted by Gasteiger charge is -2.17. The number of ether oxygens (including phenoxy) is 1. The van der Waals surface area contributed by atoms with Gasteiger partial charge in [-0.2, -0.15) is 5.26 Å². The van der Waals surface area contributed by atoms with E-state index in [9.17, 15) is 20.0 Å². The van der Waals surface area contributed by atoms with Gasteiger partial charge in [-0.05, 0) is 48.9 Å². The molecule has 0 fully saturated rings. The Bertz CT molecular complexity index is 897. The third-order valence-electron chi connectivity index (χ3n) is 4.29. The molecular formula is C19H18N2O4S. The standard InChI is InChI=1S/C19H18N2O4S/c1-11-5-6-14-15(9-20)18(26-16(14)7-11)21-17(23)10-25-19(24)12-3-2-4-13(22)8-12/h2-4,8,11,22H,5-7,10H2,1H3,(H,21,23). The van der Waals surface area contributed by atoms with Crippen LogP contribution in [0.25, 0.3) is 0 Å². The van der Waals surface area contributed by atoms with Crippen molar-refractivity contribution >= 4 is 28.2 Å². The second-order valence-corrected chi connectivity index (χ2v) is 7.45. The molecule has 2 aromatic rings. The van der Waals surface area contributed by atoms with E-state index in [1.807, 2.05) is 0 Å².